The molecular formula is C33H45N3O5. The van der Waals surface area contributed by atoms with E-state index >= 15 is 0 Å². The highest BCUT2D eigenvalue weighted by molar-refractivity contribution is 5.94. The standard InChI is InChI=1S/C33H45N3O5/c1-6-8-12-22(4)28-20-29(37)35-27(19-24-15-17-26(18-16-24)25-13-10-9-11-14-25)32(39)34-23(5)31(38)36-30(21(3)7-2)33(40)41-28/h9-11,13-18,21-23,27-28,30H,6-8,12,19-20H2,1-5H3,(H,34,39)(H,35,37)(H,36,38)/t21-,22+,23+,27+,28+,30-/m1/s1. The monoisotopic (exact) mass is 563 g/mol. The number of rotatable bonds is 9. The van der Waals surface area contributed by atoms with Gasteiger partial charge in [-0.1, -0.05) is 102 Å². The molecule has 222 valence electrons. The Balaban J connectivity index is 1.87. The quantitative estimate of drug-likeness (QED) is 0.387. The van der Waals surface area contributed by atoms with Crippen LogP contribution in [-0.4, -0.2) is 47.9 Å². The van der Waals surface area contributed by atoms with Gasteiger partial charge in [0.05, 0.1) is 6.42 Å². The molecule has 1 aliphatic rings. The number of esters is 1. The number of amides is 3. The van der Waals surface area contributed by atoms with Gasteiger partial charge < -0.3 is 20.7 Å². The van der Waals surface area contributed by atoms with Crippen molar-refractivity contribution in [3.8, 4) is 11.1 Å². The van der Waals surface area contributed by atoms with Crippen molar-refractivity contribution < 1.29 is 23.9 Å². The van der Waals surface area contributed by atoms with Crippen LogP contribution in [0.1, 0.15) is 72.3 Å². The minimum Gasteiger partial charge on any atom is -0.460 e. The molecule has 0 aromatic heterocycles. The Morgan fingerprint density at radius 3 is 2.12 bits per heavy atom. The molecule has 0 bridgehead atoms. The highest BCUT2D eigenvalue weighted by atomic mass is 16.5. The lowest BCUT2D eigenvalue weighted by molar-refractivity contribution is -0.158. The van der Waals surface area contributed by atoms with Crippen molar-refractivity contribution in [1.82, 2.24) is 16.0 Å². The van der Waals surface area contributed by atoms with Gasteiger partial charge in [0.15, 0.2) is 0 Å². The van der Waals surface area contributed by atoms with Crippen molar-refractivity contribution >= 4 is 23.7 Å². The van der Waals surface area contributed by atoms with Gasteiger partial charge in [-0.3, -0.25) is 14.4 Å². The summed E-state index contributed by atoms with van der Waals surface area (Å²) in [6.45, 7) is 9.42. The molecule has 0 unspecified atom stereocenters. The molecule has 2 aromatic rings. The number of nitrogens with one attached hydrogen (secondary N) is 3. The van der Waals surface area contributed by atoms with E-state index in [9.17, 15) is 19.2 Å². The lowest BCUT2D eigenvalue weighted by atomic mass is 9.94. The van der Waals surface area contributed by atoms with Crippen molar-refractivity contribution in [3.63, 3.8) is 0 Å². The van der Waals surface area contributed by atoms with E-state index in [1.54, 1.807) is 6.92 Å². The van der Waals surface area contributed by atoms with Gasteiger partial charge in [0, 0.05) is 6.42 Å². The van der Waals surface area contributed by atoms with Crippen LogP contribution in [-0.2, 0) is 30.3 Å². The Bertz CT molecular complexity index is 1170. The van der Waals surface area contributed by atoms with Crippen molar-refractivity contribution in [2.75, 3.05) is 0 Å². The minimum atomic E-state index is -0.915. The van der Waals surface area contributed by atoms with E-state index in [1.807, 2.05) is 75.4 Å². The average molecular weight is 564 g/mol. The summed E-state index contributed by atoms with van der Waals surface area (Å²) >= 11 is 0. The molecule has 8 nitrogen and oxygen atoms in total. The fraction of sp³-hybridized carbons (Fsp3) is 0.515. The summed E-state index contributed by atoms with van der Waals surface area (Å²) in [5.41, 5.74) is 2.99. The maximum atomic E-state index is 13.4. The molecule has 2 aromatic carbocycles. The Kier molecular flexibility index (Phi) is 11.9. The summed E-state index contributed by atoms with van der Waals surface area (Å²) in [6, 6.07) is 15.1. The summed E-state index contributed by atoms with van der Waals surface area (Å²) in [6.07, 6.45) is 2.84. The van der Waals surface area contributed by atoms with Gasteiger partial charge in [-0.05, 0) is 41.9 Å². The van der Waals surface area contributed by atoms with E-state index in [1.165, 1.54) is 0 Å². The van der Waals surface area contributed by atoms with E-state index in [2.05, 4.69) is 22.9 Å². The molecule has 1 fully saturated rings. The van der Waals surface area contributed by atoms with Crippen molar-refractivity contribution in [2.24, 2.45) is 11.8 Å². The molecule has 3 rings (SSSR count). The van der Waals surface area contributed by atoms with Gasteiger partial charge in [0.2, 0.25) is 17.7 Å². The van der Waals surface area contributed by atoms with Crippen molar-refractivity contribution in [3.05, 3.63) is 60.2 Å². The van der Waals surface area contributed by atoms with E-state index in [0.717, 1.165) is 36.0 Å². The molecule has 6 atom stereocenters. The second kappa shape index (κ2) is 15.4. The molecule has 3 amide bonds. The third-order valence-corrected chi connectivity index (χ3v) is 7.97. The van der Waals surface area contributed by atoms with Crippen LogP contribution < -0.4 is 16.0 Å². The summed E-state index contributed by atoms with van der Waals surface area (Å²) in [4.78, 5) is 53.1. The van der Waals surface area contributed by atoms with E-state index in [0.29, 0.717) is 6.42 Å². The molecule has 41 heavy (non-hydrogen) atoms. The summed E-state index contributed by atoms with van der Waals surface area (Å²) < 4.78 is 5.93. The number of hydrogen-bond donors (Lipinski definition) is 3. The molecule has 3 N–H and O–H groups in total. The van der Waals surface area contributed by atoms with Gasteiger partial charge >= 0.3 is 5.97 Å². The normalized spacial score (nSPS) is 23.9. The maximum absolute atomic E-state index is 13.4. The number of unbranched alkanes of at least 4 members (excludes halogenated alkanes) is 1. The van der Waals surface area contributed by atoms with E-state index in [4.69, 9.17) is 4.74 Å². The number of benzene rings is 2. The summed E-state index contributed by atoms with van der Waals surface area (Å²) in [5.74, 6) is -2.13. The number of ether oxygens (including phenoxy) is 1. The van der Waals surface area contributed by atoms with Crippen molar-refractivity contribution in [2.45, 2.75) is 97.4 Å². The van der Waals surface area contributed by atoms with Gasteiger partial charge in [-0.15, -0.1) is 0 Å². The van der Waals surface area contributed by atoms with E-state index < -0.39 is 42.0 Å². The van der Waals surface area contributed by atoms with Gasteiger partial charge in [-0.25, -0.2) is 4.79 Å². The van der Waals surface area contributed by atoms with Crippen LogP contribution in [0.3, 0.4) is 0 Å². The Morgan fingerprint density at radius 2 is 1.49 bits per heavy atom. The third-order valence-electron chi connectivity index (χ3n) is 7.97. The Morgan fingerprint density at radius 1 is 0.829 bits per heavy atom. The average Bonchev–Trinajstić information content (AvgIpc) is 2.97. The largest absolute Gasteiger partial charge is 0.460 e. The lowest BCUT2D eigenvalue weighted by Crippen LogP contribution is -2.55. The van der Waals surface area contributed by atoms with Crippen LogP contribution in [0, 0.1) is 11.8 Å². The Labute approximate surface area is 244 Å². The first-order valence-electron chi connectivity index (χ1n) is 14.9. The highest BCUT2D eigenvalue weighted by Crippen LogP contribution is 2.22. The highest BCUT2D eigenvalue weighted by Gasteiger charge is 2.35. The zero-order valence-corrected chi connectivity index (χ0v) is 24.9. The van der Waals surface area contributed by atoms with Crippen LogP contribution in [0.4, 0.5) is 0 Å². The first-order chi connectivity index (χ1) is 19.6. The first-order valence-corrected chi connectivity index (χ1v) is 14.9. The summed E-state index contributed by atoms with van der Waals surface area (Å²) in [5, 5.41) is 8.39. The van der Waals surface area contributed by atoms with Gasteiger partial charge in [0.25, 0.3) is 0 Å². The Hall–Kier alpha value is -3.68. The smallest absolute Gasteiger partial charge is 0.329 e. The molecule has 0 saturated carbocycles. The molecule has 8 heteroatoms. The summed E-state index contributed by atoms with van der Waals surface area (Å²) in [7, 11) is 0. The number of cyclic esters (lactones) is 1. The minimum absolute atomic E-state index is 0.0654. The zero-order chi connectivity index (χ0) is 29.9. The van der Waals surface area contributed by atoms with Crippen LogP contribution in [0.5, 0.6) is 0 Å². The lowest BCUT2D eigenvalue weighted by Gasteiger charge is -2.29. The number of hydrogen-bond acceptors (Lipinski definition) is 5. The zero-order valence-electron chi connectivity index (χ0n) is 24.9. The molecule has 0 spiro atoms. The van der Waals surface area contributed by atoms with E-state index in [-0.39, 0.29) is 30.6 Å². The van der Waals surface area contributed by atoms with Crippen LogP contribution in [0.2, 0.25) is 0 Å². The SMILES string of the molecule is CCCC[C@H](C)[C@@H]1CC(=O)N[C@@H](Cc2ccc(-c3ccccc3)cc2)C(=O)N[C@@H](C)C(=O)N[C@H]([C@H](C)CC)C(=O)O1. The maximum Gasteiger partial charge on any atom is 0.329 e. The fourth-order valence-electron chi connectivity index (χ4n) is 4.97. The molecule has 1 aliphatic heterocycles. The van der Waals surface area contributed by atoms with Gasteiger partial charge in [-0.2, -0.15) is 0 Å². The molecule has 1 saturated heterocycles. The predicted octanol–water partition coefficient (Wildman–Crippen LogP) is 4.56. The molecule has 1 heterocycles. The predicted molar refractivity (Wildman–Crippen MR) is 160 cm³/mol. The second-order valence-corrected chi connectivity index (χ2v) is 11.3. The van der Waals surface area contributed by atoms with Crippen LogP contribution in [0.15, 0.2) is 54.6 Å². The van der Waals surface area contributed by atoms with Crippen LogP contribution >= 0.6 is 0 Å². The number of carbonyl (C=O) groups is 4. The molecular weight excluding hydrogens is 518 g/mol. The topological polar surface area (TPSA) is 114 Å². The third kappa shape index (κ3) is 9.17. The molecule has 0 radical (unpaired) electrons. The fourth-order valence-corrected chi connectivity index (χ4v) is 4.97. The van der Waals surface area contributed by atoms with Crippen LogP contribution in [0.25, 0.3) is 11.1 Å². The second-order valence-electron chi connectivity index (χ2n) is 11.3. The number of carbonyl (C=O) groups excluding carboxylic acids is 4. The van der Waals surface area contributed by atoms with Crippen molar-refractivity contribution in [1.29, 1.82) is 0 Å². The molecule has 0 aliphatic carbocycles. The van der Waals surface area contributed by atoms with Gasteiger partial charge in [0.1, 0.15) is 24.2 Å². The first kappa shape index (κ1) is 31.8.